The summed E-state index contributed by atoms with van der Waals surface area (Å²) in [5, 5.41) is 17.7. The smallest absolute Gasteiger partial charge is 0.273 e. The first-order chi connectivity index (χ1) is 14.7. The highest BCUT2D eigenvalue weighted by Crippen LogP contribution is 2.30. The van der Waals surface area contributed by atoms with Crippen molar-refractivity contribution < 1.29 is 18.9 Å². The third-order valence-corrected chi connectivity index (χ3v) is 4.57. The standard InChI is InChI=1S/C22H20N4O5/c1-13-10-17(11-20(14(13)2)26(29)30)21-9-8-19(31-21)12-23-25-22(28)16-4-6-18(7-5-16)24-15(3)27/h4-12H,1-3H3,(H,24,27)(H,25,28). The summed E-state index contributed by atoms with van der Waals surface area (Å²) in [5.41, 5.74) is 5.34. The molecular formula is C22H20N4O5. The number of hydrazone groups is 1. The zero-order valence-corrected chi connectivity index (χ0v) is 17.1. The topological polar surface area (TPSA) is 127 Å². The van der Waals surface area contributed by atoms with Crippen molar-refractivity contribution >= 4 is 29.4 Å². The Kier molecular flexibility index (Phi) is 6.25. The van der Waals surface area contributed by atoms with E-state index < -0.39 is 10.8 Å². The van der Waals surface area contributed by atoms with Crippen LogP contribution in [0.5, 0.6) is 0 Å². The van der Waals surface area contributed by atoms with E-state index in [1.165, 1.54) is 19.2 Å². The van der Waals surface area contributed by atoms with Crippen molar-refractivity contribution in [3.63, 3.8) is 0 Å². The molecule has 2 amide bonds. The molecule has 158 valence electrons. The maximum absolute atomic E-state index is 12.2. The van der Waals surface area contributed by atoms with E-state index in [2.05, 4.69) is 15.8 Å². The molecule has 2 N–H and O–H groups in total. The fourth-order valence-corrected chi connectivity index (χ4v) is 2.88. The van der Waals surface area contributed by atoms with Crippen molar-refractivity contribution in [1.29, 1.82) is 0 Å². The van der Waals surface area contributed by atoms with E-state index in [0.29, 0.717) is 33.9 Å². The average Bonchev–Trinajstić information content (AvgIpc) is 3.18. The second-order valence-electron chi connectivity index (χ2n) is 6.85. The van der Waals surface area contributed by atoms with Crippen LogP contribution in [0.15, 0.2) is 58.0 Å². The molecule has 0 aliphatic heterocycles. The predicted molar refractivity (Wildman–Crippen MR) is 116 cm³/mol. The molecule has 0 atom stereocenters. The van der Waals surface area contributed by atoms with Crippen LogP contribution in [0.4, 0.5) is 11.4 Å². The minimum absolute atomic E-state index is 0.0263. The number of carbonyl (C=O) groups is 2. The number of aryl methyl sites for hydroxylation is 1. The lowest BCUT2D eigenvalue weighted by atomic mass is 10.0. The maximum Gasteiger partial charge on any atom is 0.273 e. The predicted octanol–water partition coefficient (Wildman–Crippen LogP) is 4.19. The Morgan fingerprint density at radius 1 is 1.10 bits per heavy atom. The molecule has 2 aromatic carbocycles. The van der Waals surface area contributed by atoms with Gasteiger partial charge in [0.1, 0.15) is 11.5 Å². The molecule has 1 aromatic heterocycles. The third kappa shape index (κ3) is 5.21. The van der Waals surface area contributed by atoms with Crippen molar-refractivity contribution in [2.24, 2.45) is 5.10 Å². The molecule has 0 bridgehead atoms. The van der Waals surface area contributed by atoms with Crippen LogP contribution in [0.1, 0.15) is 34.2 Å². The quantitative estimate of drug-likeness (QED) is 0.351. The fraction of sp³-hybridized carbons (Fsp3) is 0.136. The highest BCUT2D eigenvalue weighted by atomic mass is 16.6. The van der Waals surface area contributed by atoms with Gasteiger partial charge < -0.3 is 9.73 Å². The number of rotatable bonds is 6. The van der Waals surface area contributed by atoms with Gasteiger partial charge in [-0.3, -0.25) is 19.7 Å². The van der Waals surface area contributed by atoms with E-state index in [9.17, 15) is 19.7 Å². The van der Waals surface area contributed by atoms with Crippen LogP contribution in [0.3, 0.4) is 0 Å². The van der Waals surface area contributed by atoms with Crippen LogP contribution >= 0.6 is 0 Å². The van der Waals surface area contributed by atoms with Crippen molar-refractivity contribution in [3.05, 3.63) is 81.1 Å². The number of hydrogen-bond donors (Lipinski definition) is 2. The summed E-state index contributed by atoms with van der Waals surface area (Å²) in [6.07, 6.45) is 1.34. The van der Waals surface area contributed by atoms with E-state index in [4.69, 9.17) is 4.42 Å². The largest absolute Gasteiger partial charge is 0.455 e. The van der Waals surface area contributed by atoms with Crippen molar-refractivity contribution in [1.82, 2.24) is 5.43 Å². The Labute approximate surface area is 177 Å². The van der Waals surface area contributed by atoms with E-state index in [0.717, 1.165) is 5.56 Å². The molecule has 0 aliphatic carbocycles. The second-order valence-corrected chi connectivity index (χ2v) is 6.85. The van der Waals surface area contributed by atoms with Gasteiger partial charge in [0.05, 0.1) is 11.1 Å². The van der Waals surface area contributed by atoms with Crippen LogP contribution in [0.2, 0.25) is 0 Å². The van der Waals surface area contributed by atoms with Gasteiger partial charge >= 0.3 is 0 Å². The summed E-state index contributed by atoms with van der Waals surface area (Å²) in [5.74, 6) is 0.196. The van der Waals surface area contributed by atoms with E-state index in [1.54, 1.807) is 50.2 Å². The van der Waals surface area contributed by atoms with Gasteiger partial charge in [-0.05, 0) is 61.9 Å². The number of amides is 2. The Morgan fingerprint density at radius 2 is 1.81 bits per heavy atom. The minimum Gasteiger partial charge on any atom is -0.455 e. The van der Waals surface area contributed by atoms with Crippen molar-refractivity contribution in [2.75, 3.05) is 5.32 Å². The van der Waals surface area contributed by atoms with E-state index in [1.807, 2.05) is 6.07 Å². The minimum atomic E-state index is -0.429. The fourth-order valence-electron chi connectivity index (χ4n) is 2.88. The number of nitro benzene ring substituents is 1. The van der Waals surface area contributed by atoms with Gasteiger partial charge in [0.15, 0.2) is 0 Å². The lowest BCUT2D eigenvalue weighted by Gasteiger charge is -2.04. The zero-order chi connectivity index (χ0) is 22.5. The number of nitrogens with zero attached hydrogens (tertiary/aromatic N) is 2. The van der Waals surface area contributed by atoms with Gasteiger partial charge in [0.2, 0.25) is 5.91 Å². The molecule has 31 heavy (non-hydrogen) atoms. The average molecular weight is 420 g/mol. The molecule has 0 unspecified atom stereocenters. The summed E-state index contributed by atoms with van der Waals surface area (Å²) < 4.78 is 5.68. The Hall–Kier alpha value is -4.27. The van der Waals surface area contributed by atoms with Crippen LogP contribution < -0.4 is 10.7 Å². The number of benzene rings is 2. The summed E-state index contributed by atoms with van der Waals surface area (Å²) in [6.45, 7) is 4.90. The van der Waals surface area contributed by atoms with E-state index >= 15 is 0 Å². The first kappa shape index (κ1) is 21.4. The number of nitrogens with one attached hydrogen (secondary N) is 2. The molecule has 0 aliphatic rings. The summed E-state index contributed by atoms with van der Waals surface area (Å²) in [6, 6.07) is 13.0. The molecule has 0 saturated heterocycles. The number of furan rings is 1. The van der Waals surface area contributed by atoms with Crippen LogP contribution in [0.25, 0.3) is 11.3 Å². The molecule has 0 spiro atoms. The highest BCUT2D eigenvalue weighted by Gasteiger charge is 2.16. The molecule has 3 aromatic rings. The number of nitro groups is 1. The van der Waals surface area contributed by atoms with Crippen LogP contribution in [-0.4, -0.2) is 23.0 Å². The monoisotopic (exact) mass is 420 g/mol. The Morgan fingerprint density at radius 3 is 2.45 bits per heavy atom. The molecule has 3 rings (SSSR count). The highest BCUT2D eigenvalue weighted by molar-refractivity contribution is 5.96. The molecule has 0 radical (unpaired) electrons. The molecular weight excluding hydrogens is 400 g/mol. The Balaban J connectivity index is 1.68. The number of carbonyl (C=O) groups excluding carboxylic acids is 2. The molecule has 9 nitrogen and oxygen atoms in total. The molecule has 1 heterocycles. The molecule has 0 saturated carbocycles. The molecule has 9 heteroatoms. The van der Waals surface area contributed by atoms with Crippen LogP contribution in [0, 0.1) is 24.0 Å². The maximum atomic E-state index is 12.2. The normalized spacial score (nSPS) is 10.8. The van der Waals surface area contributed by atoms with Gasteiger partial charge in [-0.2, -0.15) is 5.10 Å². The lowest BCUT2D eigenvalue weighted by Crippen LogP contribution is -2.17. The molecule has 0 fully saturated rings. The summed E-state index contributed by atoms with van der Waals surface area (Å²) >= 11 is 0. The van der Waals surface area contributed by atoms with Crippen molar-refractivity contribution in [3.8, 4) is 11.3 Å². The number of anilines is 1. The van der Waals surface area contributed by atoms with E-state index in [-0.39, 0.29) is 11.6 Å². The lowest BCUT2D eigenvalue weighted by molar-refractivity contribution is -0.385. The van der Waals surface area contributed by atoms with Gasteiger partial charge in [0, 0.05) is 35.4 Å². The van der Waals surface area contributed by atoms with Gasteiger partial charge in [0.25, 0.3) is 11.6 Å². The van der Waals surface area contributed by atoms with Crippen molar-refractivity contribution in [2.45, 2.75) is 20.8 Å². The van der Waals surface area contributed by atoms with Crippen LogP contribution in [-0.2, 0) is 4.79 Å². The third-order valence-electron chi connectivity index (χ3n) is 4.57. The SMILES string of the molecule is CC(=O)Nc1ccc(C(=O)NN=Cc2ccc(-c3cc(C)c(C)c([N+](=O)[O-])c3)o2)cc1. The van der Waals surface area contributed by atoms with Gasteiger partial charge in [-0.15, -0.1) is 0 Å². The summed E-state index contributed by atoms with van der Waals surface area (Å²) in [4.78, 5) is 34.0. The first-order valence-corrected chi connectivity index (χ1v) is 9.31. The number of hydrogen-bond acceptors (Lipinski definition) is 6. The van der Waals surface area contributed by atoms with Gasteiger partial charge in [-0.25, -0.2) is 5.43 Å². The Bertz CT molecular complexity index is 1180. The first-order valence-electron chi connectivity index (χ1n) is 9.31. The van der Waals surface area contributed by atoms with Gasteiger partial charge in [-0.1, -0.05) is 0 Å². The second kappa shape index (κ2) is 9.04. The zero-order valence-electron chi connectivity index (χ0n) is 17.1. The summed E-state index contributed by atoms with van der Waals surface area (Å²) in [7, 11) is 0.